The van der Waals surface area contributed by atoms with Gasteiger partial charge in [-0.3, -0.25) is 9.80 Å². The first-order valence-corrected chi connectivity index (χ1v) is 6.48. The number of likely N-dealkylation sites (N-methyl/N-ethyl adjacent to an activating group) is 2. The minimum absolute atomic E-state index is 0.761. The molecule has 0 bridgehead atoms. The lowest BCUT2D eigenvalue weighted by Gasteiger charge is -2.26. The van der Waals surface area contributed by atoms with E-state index in [1.807, 2.05) is 7.05 Å². The molecule has 0 saturated carbocycles. The molecule has 3 nitrogen and oxygen atoms in total. The van der Waals surface area contributed by atoms with Gasteiger partial charge >= 0.3 is 0 Å². The molecule has 1 aliphatic heterocycles. The molecule has 0 aromatic carbocycles. The minimum Gasteiger partial charge on any atom is -0.316 e. The average molecular weight is 225 g/mol. The third-order valence-electron chi connectivity index (χ3n) is 3.45. The van der Waals surface area contributed by atoms with Gasteiger partial charge in [-0.2, -0.15) is 0 Å². The van der Waals surface area contributed by atoms with E-state index >= 15 is 0 Å². The fourth-order valence-corrected chi connectivity index (χ4v) is 2.62. The van der Waals surface area contributed by atoms with E-state index < -0.39 is 0 Å². The molecular weight excluding hydrogens is 198 g/mol. The largest absolute Gasteiger partial charge is 0.316 e. The van der Waals surface area contributed by atoms with E-state index in [0.717, 1.165) is 19.1 Å². The van der Waals surface area contributed by atoms with E-state index in [4.69, 9.17) is 0 Å². The Balaban J connectivity index is 2.31. The van der Waals surface area contributed by atoms with Gasteiger partial charge in [-0.15, -0.1) is 0 Å². The van der Waals surface area contributed by atoms with Crippen molar-refractivity contribution in [1.29, 1.82) is 0 Å². The molecule has 0 aliphatic carbocycles. The van der Waals surface area contributed by atoms with Crippen LogP contribution in [0.3, 0.4) is 0 Å². The van der Waals surface area contributed by atoms with Crippen molar-refractivity contribution in [1.82, 2.24) is 15.1 Å². The minimum atomic E-state index is 0.761. The molecule has 1 saturated heterocycles. The summed E-state index contributed by atoms with van der Waals surface area (Å²) in [5.41, 5.74) is 1.29. The number of nitrogens with zero attached hydrogens (tertiary/aromatic N) is 2. The standard InChI is InChI=1S/C13H27N3/c1-5-16(6-2)13-7-8-15(11-13)10-12(3)9-14-4/h13-14H,3,5-11H2,1-2,4H3. The summed E-state index contributed by atoms with van der Waals surface area (Å²) in [7, 11) is 1.98. The van der Waals surface area contributed by atoms with Crippen molar-refractivity contribution in [2.45, 2.75) is 26.3 Å². The van der Waals surface area contributed by atoms with E-state index in [-0.39, 0.29) is 0 Å². The molecule has 0 amide bonds. The average Bonchev–Trinajstić information content (AvgIpc) is 2.68. The second kappa shape index (κ2) is 7.05. The van der Waals surface area contributed by atoms with Crippen molar-refractivity contribution in [2.24, 2.45) is 0 Å². The maximum absolute atomic E-state index is 4.10. The lowest BCUT2D eigenvalue weighted by atomic mass is 10.2. The van der Waals surface area contributed by atoms with E-state index in [1.165, 1.54) is 38.2 Å². The Kier molecular flexibility index (Phi) is 6.03. The number of likely N-dealkylation sites (tertiary alicyclic amines) is 1. The van der Waals surface area contributed by atoms with Crippen LogP contribution >= 0.6 is 0 Å². The second-order valence-corrected chi connectivity index (χ2v) is 4.68. The zero-order valence-corrected chi connectivity index (χ0v) is 11.1. The Labute approximate surface area is 100 Å². The lowest BCUT2D eigenvalue weighted by Crippen LogP contribution is -2.37. The van der Waals surface area contributed by atoms with Gasteiger partial charge in [-0.25, -0.2) is 0 Å². The van der Waals surface area contributed by atoms with E-state index in [2.05, 4.69) is 35.5 Å². The molecule has 1 atom stereocenters. The molecule has 1 heterocycles. The molecule has 1 rings (SSSR count). The van der Waals surface area contributed by atoms with Crippen LogP contribution in [0.5, 0.6) is 0 Å². The van der Waals surface area contributed by atoms with Gasteiger partial charge in [0, 0.05) is 32.2 Å². The van der Waals surface area contributed by atoms with Gasteiger partial charge in [-0.05, 0) is 32.1 Å². The molecule has 1 fully saturated rings. The van der Waals surface area contributed by atoms with Crippen molar-refractivity contribution in [3.8, 4) is 0 Å². The van der Waals surface area contributed by atoms with Crippen LogP contribution in [0, 0.1) is 0 Å². The third kappa shape index (κ3) is 3.89. The van der Waals surface area contributed by atoms with Crippen LogP contribution in [-0.2, 0) is 0 Å². The normalized spacial score (nSPS) is 21.9. The second-order valence-electron chi connectivity index (χ2n) is 4.68. The van der Waals surface area contributed by atoms with Crippen molar-refractivity contribution in [3.05, 3.63) is 12.2 Å². The molecule has 0 radical (unpaired) electrons. The van der Waals surface area contributed by atoms with Crippen LogP contribution in [0.2, 0.25) is 0 Å². The molecular formula is C13H27N3. The highest BCUT2D eigenvalue weighted by molar-refractivity contribution is 5.01. The van der Waals surface area contributed by atoms with Gasteiger partial charge in [0.05, 0.1) is 0 Å². The van der Waals surface area contributed by atoms with Crippen LogP contribution in [0.4, 0.5) is 0 Å². The molecule has 16 heavy (non-hydrogen) atoms. The first-order valence-electron chi connectivity index (χ1n) is 6.48. The highest BCUT2D eigenvalue weighted by Crippen LogP contribution is 2.15. The molecule has 0 spiro atoms. The quantitative estimate of drug-likeness (QED) is 0.656. The number of rotatable bonds is 7. The molecule has 0 aromatic heterocycles. The molecule has 94 valence electrons. The monoisotopic (exact) mass is 225 g/mol. The van der Waals surface area contributed by atoms with Crippen molar-refractivity contribution in [3.63, 3.8) is 0 Å². The summed E-state index contributed by atoms with van der Waals surface area (Å²) >= 11 is 0. The van der Waals surface area contributed by atoms with E-state index in [9.17, 15) is 0 Å². The fourth-order valence-electron chi connectivity index (χ4n) is 2.62. The first-order chi connectivity index (χ1) is 7.71. The van der Waals surface area contributed by atoms with Gasteiger partial charge in [-0.1, -0.05) is 20.4 Å². The summed E-state index contributed by atoms with van der Waals surface area (Å²) in [6, 6.07) is 0.761. The van der Waals surface area contributed by atoms with Crippen LogP contribution < -0.4 is 5.32 Å². The van der Waals surface area contributed by atoms with Crippen molar-refractivity contribution in [2.75, 3.05) is 46.3 Å². The summed E-state index contributed by atoms with van der Waals surface area (Å²) in [4.78, 5) is 5.10. The Morgan fingerprint density at radius 1 is 1.44 bits per heavy atom. The lowest BCUT2D eigenvalue weighted by molar-refractivity contribution is 0.214. The summed E-state index contributed by atoms with van der Waals surface area (Å²) < 4.78 is 0. The van der Waals surface area contributed by atoms with Gasteiger partial charge in [0.15, 0.2) is 0 Å². The number of nitrogens with one attached hydrogen (secondary N) is 1. The van der Waals surface area contributed by atoms with Crippen LogP contribution in [0.25, 0.3) is 0 Å². The van der Waals surface area contributed by atoms with Gasteiger partial charge in [0.2, 0.25) is 0 Å². The Morgan fingerprint density at radius 3 is 2.69 bits per heavy atom. The SMILES string of the molecule is C=C(CNC)CN1CCC(N(CC)CC)C1. The third-order valence-corrected chi connectivity index (χ3v) is 3.45. The smallest absolute Gasteiger partial charge is 0.0235 e. The maximum atomic E-state index is 4.10. The molecule has 3 heteroatoms. The highest BCUT2D eigenvalue weighted by atomic mass is 15.2. The number of hydrogen-bond donors (Lipinski definition) is 1. The molecule has 1 aliphatic rings. The topological polar surface area (TPSA) is 18.5 Å². The first kappa shape index (κ1) is 13.7. The predicted molar refractivity (Wildman–Crippen MR) is 70.8 cm³/mol. The Hall–Kier alpha value is -0.380. The van der Waals surface area contributed by atoms with Crippen LogP contribution in [0.1, 0.15) is 20.3 Å². The summed E-state index contributed by atoms with van der Waals surface area (Å²) in [5, 5.41) is 3.16. The van der Waals surface area contributed by atoms with Crippen molar-refractivity contribution < 1.29 is 0 Å². The van der Waals surface area contributed by atoms with Crippen LogP contribution in [0.15, 0.2) is 12.2 Å². The fraction of sp³-hybridized carbons (Fsp3) is 0.846. The van der Waals surface area contributed by atoms with E-state index in [1.54, 1.807) is 0 Å². The summed E-state index contributed by atoms with van der Waals surface area (Å²) in [6.07, 6.45) is 1.31. The van der Waals surface area contributed by atoms with Gasteiger partial charge in [0.1, 0.15) is 0 Å². The molecule has 0 aromatic rings. The van der Waals surface area contributed by atoms with Crippen LogP contribution in [-0.4, -0.2) is 62.2 Å². The Morgan fingerprint density at radius 2 is 2.12 bits per heavy atom. The van der Waals surface area contributed by atoms with Gasteiger partial charge < -0.3 is 5.32 Å². The predicted octanol–water partition coefficient (Wildman–Crippen LogP) is 1.18. The molecule has 1 N–H and O–H groups in total. The van der Waals surface area contributed by atoms with E-state index in [0.29, 0.717) is 0 Å². The summed E-state index contributed by atoms with van der Waals surface area (Å²) in [6.45, 7) is 15.4. The zero-order valence-electron chi connectivity index (χ0n) is 11.1. The Bertz CT molecular complexity index is 211. The highest BCUT2D eigenvalue weighted by Gasteiger charge is 2.25. The molecule has 1 unspecified atom stereocenters. The summed E-state index contributed by atoms with van der Waals surface area (Å²) in [5.74, 6) is 0. The maximum Gasteiger partial charge on any atom is 0.0235 e. The van der Waals surface area contributed by atoms with Gasteiger partial charge in [0.25, 0.3) is 0 Å². The zero-order chi connectivity index (χ0) is 12.0. The van der Waals surface area contributed by atoms with Crippen molar-refractivity contribution >= 4 is 0 Å². The number of hydrogen-bond acceptors (Lipinski definition) is 3.